The third-order valence-corrected chi connectivity index (χ3v) is 6.62. The number of benzene rings is 1. The number of halogens is 1. The Morgan fingerprint density at radius 2 is 1.78 bits per heavy atom. The molecule has 8 nitrogen and oxygen atoms in total. The number of rotatable bonds is 6. The molecule has 0 bridgehead atoms. The van der Waals surface area contributed by atoms with E-state index in [9.17, 15) is 13.2 Å². The van der Waals surface area contributed by atoms with Gasteiger partial charge in [-0.3, -0.25) is 9.78 Å². The molecule has 0 aliphatic heterocycles. The summed E-state index contributed by atoms with van der Waals surface area (Å²) in [7, 11) is -3.64. The Labute approximate surface area is 189 Å². The summed E-state index contributed by atoms with van der Waals surface area (Å²) in [6, 6.07) is 12.8. The summed E-state index contributed by atoms with van der Waals surface area (Å²) in [6.45, 7) is 0. The maximum Gasteiger partial charge on any atom is 0.216 e. The number of ketones is 1. The molecule has 0 atom stereocenters. The lowest BCUT2D eigenvalue weighted by Crippen LogP contribution is -2.11. The fraction of sp³-hybridized carbons (Fsp3) is 0.0455. The van der Waals surface area contributed by atoms with E-state index in [0.717, 1.165) is 0 Å². The van der Waals surface area contributed by atoms with Crippen molar-refractivity contribution in [1.29, 1.82) is 0 Å². The van der Waals surface area contributed by atoms with Gasteiger partial charge in [0.2, 0.25) is 5.78 Å². The van der Waals surface area contributed by atoms with Crippen LogP contribution in [0.25, 0.3) is 11.3 Å². The second-order valence-corrected chi connectivity index (χ2v) is 9.15. The van der Waals surface area contributed by atoms with Crippen molar-refractivity contribution in [2.45, 2.75) is 10.6 Å². The van der Waals surface area contributed by atoms with Crippen molar-refractivity contribution in [3.63, 3.8) is 0 Å². The van der Waals surface area contributed by atoms with E-state index in [0.29, 0.717) is 22.4 Å². The molecule has 2 N–H and O–H groups in total. The van der Waals surface area contributed by atoms with Crippen LogP contribution in [0.15, 0.2) is 78.2 Å². The molecule has 0 radical (unpaired) electrons. The molecule has 0 spiro atoms. The van der Waals surface area contributed by atoms with E-state index in [2.05, 4.69) is 19.9 Å². The molecule has 32 heavy (non-hydrogen) atoms. The molecular weight excluding hydrogens is 450 g/mol. The Bertz CT molecular complexity index is 1400. The molecule has 0 fully saturated rings. The van der Waals surface area contributed by atoms with E-state index in [-0.39, 0.29) is 27.3 Å². The first-order valence-electron chi connectivity index (χ1n) is 9.35. The number of sulfone groups is 1. The zero-order valence-electron chi connectivity index (χ0n) is 16.5. The first-order valence-corrected chi connectivity index (χ1v) is 11.4. The van der Waals surface area contributed by atoms with Gasteiger partial charge in [0.25, 0.3) is 0 Å². The fourth-order valence-electron chi connectivity index (χ4n) is 2.99. The third kappa shape index (κ3) is 4.48. The highest BCUT2D eigenvalue weighted by Crippen LogP contribution is 2.26. The third-order valence-electron chi connectivity index (χ3n) is 4.59. The molecule has 0 saturated carbocycles. The summed E-state index contributed by atoms with van der Waals surface area (Å²) in [4.78, 5) is 29.4. The van der Waals surface area contributed by atoms with Crippen LogP contribution < -0.4 is 5.73 Å². The maximum absolute atomic E-state index is 12.8. The van der Waals surface area contributed by atoms with Crippen LogP contribution in [0.4, 0.5) is 5.82 Å². The number of hydrogen-bond donors (Lipinski definition) is 1. The molecule has 0 saturated heterocycles. The fourth-order valence-corrected chi connectivity index (χ4v) is 4.61. The number of nitrogens with zero attached hydrogens (tertiary/aromatic N) is 4. The van der Waals surface area contributed by atoms with Gasteiger partial charge in [0.1, 0.15) is 5.15 Å². The molecule has 0 amide bonds. The number of carbonyl (C=O) groups is 1. The van der Waals surface area contributed by atoms with Gasteiger partial charge in [0.05, 0.1) is 22.5 Å². The Balaban J connectivity index is 1.70. The zero-order valence-corrected chi connectivity index (χ0v) is 18.1. The summed E-state index contributed by atoms with van der Waals surface area (Å²) in [5.74, 6) is -0.809. The quantitative estimate of drug-likeness (QED) is 0.339. The second kappa shape index (κ2) is 8.81. The number of pyridine rings is 2. The summed E-state index contributed by atoms with van der Waals surface area (Å²) in [5, 5.41) is 0.0586. The van der Waals surface area contributed by atoms with Crippen LogP contribution in [0.1, 0.15) is 21.6 Å². The lowest BCUT2D eigenvalue weighted by Gasteiger charge is -2.10. The normalized spacial score (nSPS) is 11.3. The van der Waals surface area contributed by atoms with Gasteiger partial charge in [-0.15, -0.1) is 0 Å². The van der Waals surface area contributed by atoms with E-state index in [1.807, 2.05) is 0 Å². The van der Waals surface area contributed by atoms with Crippen LogP contribution in [-0.4, -0.2) is 34.1 Å². The highest BCUT2D eigenvalue weighted by molar-refractivity contribution is 7.90. The van der Waals surface area contributed by atoms with Crippen molar-refractivity contribution in [3.8, 4) is 11.3 Å². The number of hydrogen-bond acceptors (Lipinski definition) is 8. The smallest absolute Gasteiger partial charge is 0.216 e. The average Bonchev–Trinajstić information content (AvgIpc) is 2.81. The monoisotopic (exact) mass is 465 g/mol. The molecule has 160 valence electrons. The first kappa shape index (κ1) is 21.5. The van der Waals surface area contributed by atoms with Crippen LogP contribution >= 0.6 is 11.6 Å². The van der Waals surface area contributed by atoms with E-state index in [4.69, 9.17) is 17.3 Å². The minimum atomic E-state index is -3.64. The summed E-state index contributed by atoms with van der Waals surface area (Å²) < 4.78 is 25.5. The predicted molar refractivity (Wildman–Crippen MR) is 120 cm³/mol. The average molecular weight is 466 g/mol. The van der Waals surface area contributed by atoms with Crippen LogP contribution in [-0.2, 0) is 15.6 Å². The van der Waals surface area contributed by atoms with E-state index < -0.39 is 15.6 Å². The molecular formula is C22H16ClN5O3S. The van der Waals surface area contributed by atoms with Gasteiger partial charge in [0, 0.05) is 35.3 Å². The molecule has 1 aromatic carbocycles. The second-order valence-electron chi connectivity index (χ2n) is 6.81. The summed E-state index contributed by atoms with van der Waals surface area (Å²) in [6.07, 6.45) is 5.77. The molecule has 0 aliphatic rings. The van der Waals surface area contributed by atoms with E-state index in [1.165, 1.54) is 30.7 Å². The van der Waals surface area contributed by atoms with Crippen LogP contribution in [0, 0.1) is 0 Å². The zero-order chi connectivity index (χ0) is 22.7. The van der Waals surface area contributed by atoms with Crippen molar-refractivity contribution < 1.29 is 13.2 Å². The summed E-state index contributed by atoms with van der Waals surface area (Å²) >= 11 is 6.17. The topological polar surface area (TPSA) is 129 Å². The van der Waals surface area contributed by atoms with Gasteiger partial charge < -0.3 is 5.73 Å². The predicted octanol–water partition coefficient (Wildman–Crippen LogP) is 3.37. The van der Waals surface area contributed by atoms with Gasteiger partial charge in [-0.25, -0.2) is 23.4 Å². The van der Waals surface area contributed by atoms with Crippen molar-refractivity contribution in [2.75, 3.05) is 5.73 Å². The lowest BCUT2D eigenvalue weighted by molar-refractivity contribution is 0.103. The minimum Gasteiger partial charge on any atom is -0.382 e. The number of aromatic nitrogens is 4. The van der Waals surface area contributed by atoms with Gasteiger partial charge in [-0.05, 0) is 30.3 Å². The standard InChI is InChI=1S/C22H16ClN5O3S/c23-21-16(13-32(30,31)17-6-2-1-3-7-17)9-15(11-26-21)18-12-27-22(24)19(28-18)20(29)14-5-4-8-25-10-14/h1-12H,13H2,(H2,24,27). The van der Waals surface area contributed by atoms with Gasteiger partial charge in [0.15, 0.2) is 21.3 Å². The van der Waals surface area contributed by atoms with Crippen molar-refractivity contribution >= 4 is 33.0 Å². The van der Waals surface area contributed by atoms with Gasteiger partial charge in [-0.2, -0.15) is 0 Å². The molecule has 10 heteroatoms. The van der Waals surface area contributed by atoms with E-state index >= 15 is 0 Å². The molecule has 4 rings (SSSR count). The number of nitrogens with two attached hydrogens (primary N) is 1. The van der Waals surface area contributed by atoms with Crippen LogP contribution in [0.3, 0.4) is 0 Å². The Morgan fingerprint density at radius 1 is 1.00 bits per heavy atom. The highest BCUT2D eigenvalue weighted by Gasteiger charge is 2.20. The Kier molecular flexibility index (Phi) is 5.93. The Hall–Kier alpha value is -3.69. The van der Waals surface area contributed by atoms with Gasteiger partial charge >= 0.3 is 0 Å². The van der Waals surface area contributed by atoms with Crippen molar-refractivity contribution in [3.05, 3.63) is 95.3 Å². The van der Waals surface area contributed by atoms with Crippen LogP contribution in [0.5, 0.6) is 0 Å². The largest absolute Gasteiger partial charge is 0.382 e. The Morgan fingerprint density at radius 3 is 2.50 bits per heavy atom. The van der Waals surface area contributed by atoms with Crippen molar-refractivity contribution in [1.82, 2.24) is 19.9 Å². The first-order chi connectivity index (χ1) is 15.3. The van der Waals surface area contributed by atoms with Crippen LogP contribution in [0.2, 0.25) is 5.15 Å². The molecule has 0 unspecified atom stereocenters. The molecule has 3 heterocycles. The van der Waals surface area contributed by atoms with E-state index in [1.54, 1.807) is 42.6 Å². The number of anilines is 1. The van der Waals surface area contributed by atoms with Crippen molar-refractivity contribution in [2.24, 2.45) is 0 Å². The molecule has 3 aromatic heterocycles. The highest BCUT2D eigenvalue weighted by atomic mass is 35.5. The molecule has 0 aliphatic carbocycles. The minimum absolute atomic E-state index is 0.0311. The molecule has 4 aromatic rings. The number of nitrogen functional groups attached to an aromatic ring is 1. The lowest BCUT2D eigenvalue weighted by atomic mass is 10.1. The van der Waals surface area contributed by atoms with Gasteiger partial charge in [-0.1, -0.05) is 29.8 Å². The number of carbonyl (C=O) groups excluding carboxylic acids is 1. The summed E-state index contributed by atoms with van der Waals surface area (Å²) in [5.41, 5.74) is 7.20. The maximum atomic E-state index is 12.8. The SMILES string of the molecule is Nc1ncc(-c2cnc(Cl)c(CS(=O)(=O)c3ccccc3)c2)nc1C(=O)c1cccnc1.